The Bertz CT molecular complexity index is 571. The molecule has 1 rings (SSSR count). The van der Waals surface area contributed by atoms with Gasteiger partial charge in [-0.2, -0.15) is 0 Å². The van der Waals surface area contributed by atoms with Gasteiger partial charge in [0.2, 0.25) is 10.0 Å². The lowest BCUT2D eigenvalue weighted by Crippen LogP contribution is -2.15. The van der Waals surface area contributed by atoms with Gasteiger partial charge in [-0.15, -0.1) is 0 Å². The highest BCUT2D eigenvalue weighted by molar-refractivity contribution is 7.93. The van der Waals surface area contributed by atoms with Gasteiger partial charge in [-0.1, -0.05) is 38.2 Å². The smallest absolute Gasteiger partial charge is 0.237 e. The molecule has 6 heteroatoms. The highest BCUT2D eigenvalue weighted by atomic mass is 32.2. The minimum absolute atomic E-state index is 0.0341. The number of hydrogen-bond acceptors (Lipinski definition) is 3. The Balaban J connectivity index is 2.86. The molecule has 0 unspecified atom stereocenters. The van der Waals surface area contributed by atoms with E-state index in [1.165, 1.54) is 12.2 Å². The van der Waals surface area contributed by atoms with Crippen LogP contribution in [-0.4, -0.2) is 14.3 Å². The zero-order chi connectivity index (χ0) is 15.0. The Morgan fingerprint density at radius 3 is 2.16 bits per heavy atom. The standard InChI is InChI=1S/C13H21N3O2S/c1-5-9(19(16,17)18)7-6-8(2)10-11(12(14)15)13(10,3)4/h5-7,10-11H,2H2,1,3-4H3,(H3,14,15)(H2,16,17,18)/b7-6-,9-5+/t10-,11+/m1/s1. The molecule has 1 saturated carbocycles. The fourth-order valence-corrected chi connectivity index (χ4v) is 3.14. The van der Waals surface area contributed by atoms with Crippen molar-refractivity contribution in [1.29, 1.82) is 5.41 Å². The molecule has 0 amide bonds. The Hall–Kier alpha value is -1.40. The van der Waals surface area contributed by atoms with E-state index in [4.69, 9.17) is 16.3 Å². The second kappa shape index (κ2) is 4.94. The van der Waals surface area contributed by atoms with Gasteiger partial charge in [-0.05, 0) is 24.3 Å². The quantitative estimate of drug-likeness (QED) is 0.404. The van der Waals surface area contributed by atoms with Crippen molar-refractivity contribution >= 4 is 15.9 Å². The van der Waals surface area contributed by atoms with Crippen LogP contribution in [0, 0.1) is 22.7 Å². The summed E-state index contributed by atoms with van der Waals surface area (Å²) in [5.74, 6) is 0.176. The number of amidine groups is 1. The van der Waals surface area contributed by atoms with Crippen LogP contribution in [0.4, 0.5) is 0 Å². The van der Waals surface area contributed by atoms with E-state index in [1.54, 1.807) is 13.0 Å². The van der Waals surface area contributed by atoms with Gasteiger partial charge in [0.25, 0.3) is 0 Å². The largest absolute Gasteiger partial charge is 0.387 e. The molecule has 1 aliphatic carbocycles. The van der Waals surface area contributed by atoms with Crippen molar-refractivity contribution in [2.75, 3.05) is 0 Å². The molecule has 0 aromatic rings. The van der Waals surface area contributed by atoms with E-state index in [1.807, 2.05) is 13.8 Å². The Morgan fingerprint density at radius 1 is 1.32 bits per heavy atom. The van der Waals surface area contributed by atoms with Crippen LogP contribution in [0.5, 0.6) is 0 Å². The first kappa shape index (κ1) is 15.7. The van der Waals surface area contributed by atoms with Gasteiger partial charge in [-0.25, -0.2) is 13.6 Å². The molecule has 1 fully saturated rings. The summed E-state index contributed by atoms with van der Waals surface area (Å²) in [6.45, 7) is 9.56. The number of primary sulfonamides is 1. The number of nitrogens with two attached hydrogens (primary N) is 2. The van der Waals surface area contributed by atoms with Crippen LogP contribution in [0.1, 0.15) is 20.8 Å². The van der Waals surface area contributed by atoms with E-state index in [0.717, 1.165) is 5.57 Å². The van der Waals surface area contributed by atoms with Crippen molar-refractivity contribution in [1.82, 2.24) is 0 Å². The summed E-state index contributed by atoms with van der Waals surface area (Å²) in [6.07, 6.45) is 4.50. The molecule has 0 aromatic heterocycles. The summed E-state index contributed by atoms with van der Waals surface area (Å²) < 4.78 is 22.5. The van der Waals surface area contributed by atoms with Crippen LogP contribution >= 0.6 is 0 Å². The van der Waals surface area contributed by atoms with E-state index < -0.39 is 10.0 Å². The number of sulfonamides is 1. The summed E-state index contributed by atoms with van der Waals surface area (Å²) in [4.78, 5) is 0.0477. The normalized spacial score (nSPS) is 26.4. The highest BCUT2D eigenvalue weighted by Gasteiger charge is 2.59. The maximum Gasteiger partial charge on any atom is 0.237 e. The van der Waals surface area contributed by atoms with Crippen LogP contribution in [-0.2, 0) is 10.0 Å². The summed E-state index contributed by atoms with van der Waals surface area (Å²) in [6, 6.07) is 0. The molecule has 0 aliphatic heterocycles. The van der Waals surface area contributed by atoms with Gasteiger partial charge in [-0.3, -0.25) is 5.41 Å². The number of allylic oxidation sites excluding steroid dienone is 4. The van der Waals surface area contributed by atoms with Crippen LogP contribution < -0.4 is 10.9 Å². The third-order valence-corrected chi connectivity index (χ3v) is 4.67. The lowest BCUT2D eigenvalue weighted by Gasteiger charge is -2.02. The zero-order valence-electron chi connectivity index (χ0n) is 11.5. The maximum atomic E-state index is 11.2. The molecule has 0 bridgehead atoms. The molecular formula is C13H21N3O2S. The van der Waals surface area contributed by atoms with Gasteiger partial charge in [0.05, 0.1) is 10.7 Å². The van der Waals surface area contributed by atoms with Crippen molar-refractivity contribution in [2.24, 2.45) is 28.1 Å². The van der Waals surface area contributed by atoms with Crippen LogP contribution in [0.3, 0.4) is 0 Å². The lowest BCUT2D eigenvalue weighted by atomic mass is 10.0. The van der Waals surface area contributed by atoms with Crippen LogP contribution in [0.2, 0.25) is 0 Å². The molecule has 0 heterocycles. The van der Waals surface area contributed by atoms with Gasteiger partial charge in [0.15, 0.2) is 0 Å². The topological polar surface area (TPSA) is 110 Å². The van der Waals surface area contributed by atoms with Gasteiger partial charge in [0, 0.05) is 5.92 Å². The number of hydrogen-bond donors (Lipinski definition) is 3. The fraction of sp³-hybridized carbons (Fsp3) is 0.462. The predicted octanol–water partition coefficient (Wildman–Crippen LogP) is 1.50. The monoisotopic (exact) mass is 283 g/mol. The highest BCUT2D eigenvalue weighted by Crippen LogP contribution is 2.61. The van der Waals surface area contributed by atoms with Crippen LogP contribution in [0.25, 0.3) is 0 Å². The first-order valence-corrected chi connectivity index (χ1v) is 7.48. The molecule has 2 atom stereocenters. The minimum atomic E-state index is -3.71. The average Bonchev–Trinajstić information content (AvgIpc) is 2.80. The van der Waals surface area contributed by atoms with E-state index >= 15 is 0 Å². The molecule has 5 N–H and O–H groups in total. The van der Waals surface area contributed by atoms with E-state index in [-0.39, 0.29) is 28.0 Å². The number of rotatable bonds is 5. The van der Waals surface area contributed by atoms with Crippen molar-refractivity contribution in [2.45, 2.75) is 20.8 Å². The van der Waals surface area contributed by atoms with Crippen molar-refractivity contribution in [3.8, 4) is 0 Å². The molecule has 0 saturated heterocycles. The van der Waals surface area contributed by atoms with Crippen molar-refractivity contribution < 1.29 is 8.42 Å². The molecule has 1 aliphatic rings. The first-order valence-electron chi connectivity index (χ1n) is 5.93. The number of nitrogens with one attached hydrogen (secondary N) is 1. The summed E-state index contributed by atoms with van der Waals surface area (Å²) >= 11 is 0. The van der Waals surface area contributed by atoms with E-state index in [2.05, 4.69) is 6.58 Å². The van der Waals surface area contributed by atoms with Crippen molar-refractivity contribution in [3.63, 3.8) is 0 Å². The molecular weight excluding hydrogens is 262 g/mol. The maximum absolute atomic E-state index is 11.2. The molecule has 0 aromatic carbocycles. The summed E-state index contributed by atoms with van der Waals surface area (Å²) in [5, 5.41) is 12.6. The zero-order valence-corrected chi connectivity index (χ0v) is 12.3. The SMILES string of the molecule is C=C(/C=C\C(=C/C)S(N)(=O)=O)[C@@H]1[C@@H](C(=N)N)C1(C)C. The van der Waals surface area contributed by atoms with Crippen LogP contribution in [0.15, 0.2) is 35.3 Å². The van der Waals surface area contributed by atoms with Crippen molar-refractivity contribution in [3.05, 3.63) is 35.3 Å². The second-order valence-electron chi connectivity index (χ2n) is 5.38. The molecule has 19 heavy (non-hydrogen) atoms. The van der Waals surface area contributed by atoms with Gasteiger partial charge < -0.3 is 5.73 Å². The minimum Gasteiger partial charge on any atom is -0.387 e. The Labute approximate surface area is 114 Å². The van der Waals surface area contributed by atoms with E-state index in [9.17, 15) is 8.42 Å². The fourth-order valence-electron chi connectivity index (χ4n) is 2.56. The van der Waals surface area contributed by atoms with Gasteiger partial charge >= 0.3 is 0 Å². The third kappa shape index (κ3) is 3.13. The predicted molar refractivity (Wildman–Crippen MR) is 77.8 cm³/mol. The summed E-state index contributed by atoms with van der Waals surface area (Å²) in [5.41, 5.74) is 6.20. The molecule has 5 nitrogen and oxygen atoms in total. The third-order valence-electron chi connectivity index (χ3n) is 3.64. The molecule has 106 valence electrons. The lowest BCUT2D eigenvalue weighted by molar-refractivity contribution is 0.586. The second-order valence-corrected chi connectivity index (χ2v) is 6.94. The van der Waals surface area contributed by atoms with E-state index in [0.29, 0.717) is 0 Å². The Morgan fingerprint density at radius 2 is 1.84 bits per heavy atom. The average molecular weight is 283 g/mol. The Kier molecular flexibility index (Phi) is 4.07. The molecule has 0 spiro atoms. The first-order chi connectivity index (χ1) is 8.53. The summed E-state index contributed by atoms with van der Waals surface area (Å²) in [7, 11) is -3.71. The molecule has 0 radical (unpaired) electrons. The van der Waals surface area contributed by atoms with Gasteiger partial charge in [0.1, 0.15) is 0 Å².